The number of fused-ring (bicyclic) bond motifs is 1. The molecule has 1 aromatic heterocycles. The van der Waals surface area contributed by atoms with E-state index < -0.39 is 5.60 Å². The Kier molecular flexibility index (Phi) is 4.45. The Hall–Kier alpha value is -1.39. The zero-order valence-electron chi connectivity index (χ0n) is 12.2. The first kappa shape index (κ1) is 15.0. The van der Waals surface area contributed by atoms with E-state index in [0.29, 0.717) is 35.6 Å². The summed E-state index contributed by atoms with van der Waals surface area (Å²) >= 11 is 0. The summed E-state index contributed by atoms with van der Waals surface area (Å²) < 4.78 is 18.8. The monoisotopic (exact) mass is 279 g/mol. The topological polar surface area (TPSA) is 45.4 Å². The molecule has 1 unspecified atom stereocenters. The van der Waals surface area contributed by atoms with E-state index in [1.54, 1.807) is 19.1 Å². The van der Waals surface area contributed by atoms with Crippen LogP contribution in [0.5, 0.6) is 0 Å². The van der Waals surface area contributed by atoms with Gasteiger partial charge in [-0.25, -0.2) is 4.39 Å². The van der Waals surface area contributed by atoms with Crippen LogP contribution in [0, 0.1) is 11.7 Å². The van der Waals surface area contributed by atoms with Gasteiger partial charge in [-0.05, 0) is 56.6 Å². The van der Waals surface area contributed by atoms with Crippen molar-refractivity contribution in [2.24, 2.45) is 5.92 Å². The molecule has 3 nitrogen and oxygen atoms in total. The van der Waals surface area contributed by atoms with Gasteiger partial charge in [-0.15, -0.1) is 0 Å². The molecule has 1 aromatic carbocycles. The van der Waals surface area contributed by atoms with Gasteiger partial charge in [-0.3, -0.25) is 0 Å². The molecular formula is C16H22FNO2. The Morgan fingerprint density at radius 1 is 1.35 bits per heavy atom. The Balaban J connectivity index is 2.06. The van der Waals surface area contributed by atoms with Crippen LogP contribution in [0.15, 0.2) is 28.7 Å². The van der Waals surface area contributed by atoms with Crippen LogP contribution >= 0.6 is 0 Å². The average molecular weight is 279 g/mol. The maximum Gasteiger partial charge on any atom is 0.136 e. The number of halogens is 1. The summed E-state index contributed by atoms with van der Waals surface area (Å²) in [6.45, 7) is 7.62. The summed E-state index contributed by atoms with van der Waals surface area (Å²) in [5.41, 5.74) is -0.462. The molecule has 20 heavy (non-hydrogen) atoms. The highest BCUT2D eigenvalue weighted by Crippen LogP contribution is 2.30. The van der Waals surface area contributed by atoms with E-state index in [2.05, 4.69) is 19.2 Å². The van der Waals surface area contributed by atoms with Crippen LogP contribution in [0.25, 0.3) is 11.0 Å². The molecule has 1 heterocycles. The van der Waals surface area contributed by atoms with Crippen molar-refractivity contribution in [3.05, 3.63) is 35.8 Å². The van der Waals surface area contributed by atoms with Gasteiger partial charge >= 0.3 is 0 Å². The fraction of sp³-hybridized carbons (Fsp3) is 0.500. The lowest BCUT2D eigenvalue weighted by Gasteiger charge is -2.21. The Bertz CT molecular complexity index is 575. The molecule has 0 aliphatic carbocycles. The second-order valence-electron chi connectivity index (χ2n) is 5.91. The molecule has 2 aromatic rings. The molecule has 0 spiro atoms. The molecule has 0 bridgehead atoms. The highest BCUT2D eigenvalue weighted by molar-refractivity contribution is 5.78. The van der Waals surface area contributed by atoms with Crippen molar-refractivity contribution in [3.63, 3.8) is 0 Å². The number of hydrogen-bond donors (Lipinski definition) is 2. The molecule has 0 aliphatic heterocycles. The molecule has 0 fully saturated rings. The van der Waals surface area contributed by atoms with Gasteiger partial charge in [0.15, 0.2) is 0 Å². The summed E-state index contributed by atoms with van der Waals surface area (Å²) in [7, 11) is 0. The molecular weight excluding hydrogens is 257 g/mol. The average Bonchev–Trinajstić information content (AvgIpc) is 2.78. The van der Waals surface area contributed by atoms with Crippen molar-refractivity contribution < 1.29 is 13.9 Å². The van der Waals surface area contributed by atoms with E-state index in [-0.39, 0.29) is 5.82 Å². The minimum absolute atomic E-state index is 0.303. The van der Waals surface area contributed by atoms with Crippen LogP contribution in [-0.4, -0.2) is 18.2 Å². The lowest BCUT2D eigenvalue weighted by atomic mass is 9.99. The van der Waals surface area contributed by atoms with Crippen LogP contribution < -0.4 is 5.32 Å². The third-order valence-electron chi connectivity index (χ3n) is 3.35. The quantitative estimate of drug-likeness (QED) is 0.796. The summed E-state index contributed by atoms with van der Waals surface area (Å²) in [6.07, 6.45) is 0.544. The van der Waals surface area contributed by atoms with Crippen molar-refractivity contribution in [1.29, 1.82) is 0 Å². The van der Waals surface area contributed by atoms with E-state index in [4.69, 9.17) is 4.42 Å². The van der Waals surface area contributed by atoms with Gasteiger partial charge < -0.3 is 14.8 Å². The van der Waals surface area contributed by atoms with Crippen LogP contribution in [0.4, 0.5) is 4.39 Å². The third kappa shape index (κ3) is 3.58. The van der Waals surface area contributed by atoms with Crippen LogP contribution in [-0.2, 0) is 5.60 Å². The zero-order chi connectivity index (χ0) is 14.8. The number of rotatable bonds is 6. The summed E-state index contributed by atoms with van der Waals surface area (Å²) in [4.78, 5) is 0. The summed E-state index contributed by atoms with van der Waals surface area (Å²) in [5, 5.41) is 14.5. The first-order valence-corrected chi connectivity index (χ1v) is 7.01. The Morgan fingerprint density at radius 3 is 2.80 bits per heavy atom. The molecule has 2 rings (SSSR count). The van der Waals surface area contributed by atoms with Crippen molar-refractivity contribution in [2.45, 2.75) is 32.8 Å². The molecule has 1 atom stereocenters. The lowest BCUT2D eigenvalue weighted by molar-refractivity contribution is 0.0270. The van der Waals surface area contributed by atoms with Crippen molar-refractivity contribution in [1.82, 2.24) is 5.32 Å². The van der Waals surface area contributed by atoms with Gasteiger partial charge in [0.2, 0.25) is 0 Å². The van der Waals surface area contributed by atoms with E-state index in [0.717, 1.165) is 6.54 Å². The number of aliphatic hydroxyl groups is 1. The van der Waals surface area contributed by atoms with Gasteiger partial charge in [-0.2, -0.15) is 0 Å². The maximum atomic E-state index is 13.2. The fourth-order valence-electron chi connectivity index (χ4n) is 2.13. The predicted molar refractivity (Wildman–Crippen MR) is 78.1 cm³/mol. The third-order valence-corrected chi connectivity index (χ3v) is 3.35. The molecule has 2 N–H and O–H groups in total. The summed E-state index contributed by atoms with van der Waals surface area (Å²) in [5.74, 6) is 0.752. The van der Waals surface area contributed by atoms with Gasteiger partial charge in [-0.1, -0.05) is 13.8 Å². The summed E-state index contributed by atoms with van der Waals surface area (Å²) in [6, 6.07) is 6.06. The maximum absolute atomic E-state index is 13.2. The SMILES string of the molecule is CC(C)CNCCC(C)(O)c1cc2cc(F)ccc2o1. The fourth-order valence-corrected chi connectivity index (χ4v) is 2.13. The lowest BCUT2D eigenvalue weighted by Crippen LogP contribution is -2.29. The van der Waals surface area contributed by atoms with Crippen LogP contribution in [0.3, 0.4) is 0 Å². The van der Waals surface area contributed by atoms with Crippen molar-refractivity contribution >= 4 is 11.0 Å². The second-order valence-corrected chi connectivity index (χ2v) is 5.91. The second kappa shape index (κ2) is 5.94. The predicted octanol–water partition coefficient (Wildman–Crippen LogP) is 3.42. The molecule has 110 valence electrons. The normalized spacial score (nSPS) is 14.9. The van der Waals surface area contributed by atoms with Gasteiger partial charge in [0.1, 0.15) is 22.8 Å². The minimum Gasteiger partial charge on any atom is -0.458 e. The highest BCUT2D eigenvalue weighted by Gasteiger charge is 2.27. The van der Waals surface area contributed by atoms with E-state index in [1.807, 2.05) is 0 Å². The van der Waals surface area contributed by atoms with Crippen molar-refractivity contribution in [3.8, 4) is 0 Å². The first-order valence-electron chi connectivity index (χ1n) is 7.01. The van der Waals surface area contributed by atoms with Crippen LogP contribution in [0.2, 0.25) is 0 Å². The zero-order valence-corrected chi connectivity index (χ0v) is 12.2. The van der Waals surface area contributed by atoms with Gasteiger partial charge in [0, 0.05) is 5.39 Å². The minimum atomic E-state index is -1.06. The van der Waals surface area contributed by atoms with Crippen LogP contribution in [0.1, 0.15) is 33.0 Å². The molecule has 0 saturated carbocycles. The highest BCUT2D eigenvalue weighted by atomic mass is 19.1. The van der Waals surface area contributed by atoms with E-state index >= 15 is 0 Å². The van der Waals surface area contributed by atoms with Crippen molar-refractivity contribution in [2.75, 3.05) is 13.1 Å². The first-order chi connectivity index (χ1) is 9.38. The smallest absolute Gasteiger partial charge is 0.136 e. The molecule has 0 saturated heterocycles. The number of benzene rings is 1. The number of hydrogen-bond acceptors (Lipinski definition) is 3. The van der Waals surface area contributed by atoms with Gasteiger partial charge in [0.05, 0.1) is 0 Å². The molecule has 0 aliphatic rings. The molecule has 4 heteroatoms. The number of furan rings is 1. The van der Waals surface area contributed by atoms with E-state index in [1.165, 1.54) is 12.1 Å². The molecule has 0 radical (unpaired) electrons. The van der Waals surface area contributed by atoms with Gasteiger partial charge in [0.25, 0.3) is 0 Å². The standard InChI is InChI=1S/C16H22FNO2/c1-11(2)10-18-7-6-16(3,19)15-9-12-8-13(17)4-5-14(12)20-15/h4-5,8-9,11,18-19H,6-7,10H2,1-3H3. The number of nitrogens with one attached hydrogen (secondary N) is 1. The molecule has 0 amide bonds. The Labute approximate surface area is 118 Å². The van der Waals surface area contributed by atoms with E-state index in [9.17, 15) is 9.50 Å². The Morgan fingerprint density at radius 2 is 2.10 bits per heavy atom. The largest absolute Gasteiger partial charge is 0.458 e.